The Labute approximate surface area is 141 Å². The molecule has 0 aliphatic carbocycles. The lowest BCUT2D eigenvalue weighted by atomic mass is 10.0. The van der Waals surface area contributed by atoms with Crippen molar-refractivity contribution in [3.8, 4) is 0 Å². The van der Waals surface area contributed by atoms with Crippen LogP contribution in [0.5, 0.6) is 0 Å². The smallest absolute Gasteiger partial charge is 0.0278 e. The maximum Gasteiger partial charge on any atom is 0.0278 e. The number of allylic oxidation sites excluding steroid dienone is 1. The fourth-order valence-corrected chi connectivity index (χ4v) is 4.41. The highest BCUT2D eigenvalue weighted by molar-refractivity contribution is 7.99. The minimum Gasteiger partial charge on any atom is -0.378 e. The van der Waals surface area contributed by atoms with E-state index in [1.54, 1.807) is 0 Å². The summed E-state index contributed by atoms with van der Waals surface area (Å²) in [5, 5.41) is 2.18. The van der Waals surface area contributed by atoms with Crippen LogP contribution in [0, 0.1) is 0 Å². The van der Waals surface area contributed by atoms with Crippen LogP contribution >= 0.6 is 23.1 Å². The Morgan fingerprint density at radius 2 is 2.14 bits per heavy atom. The highest BCUT2D eigenvalue weighted by Crippen LogP contribution is 2.28. The van der Waals surface area contributed by atoms with Crippen LogP contribution in [0.15, 0.2) is 59.2 Å². The van der Waals surface area contributed by atoms with Gasteiger partial charge in [-0.2, -0.15) is 0 Å². The normalized spacial score (nSPS) is 17.8. The van der Waals surface area contributed by atoms with E-state index >= 15 is 0 Å². The maximum absolute atomic E-state index is 4.05. The number of aromatic nitrogens is 1. The fourth-order valence-electron chi connectivity index (χ4n) is 2.67. The van der Waals surface area contributed by atoms with Crippen molar-refractivity contribution in [2.75, 3.05) is 18.8 Å². The molecule has 0 radical (unpaired) electrons. The molecule has 2 aromatic rings. The third kappa shape index (κ3) is 4.62. The van der Waals surface area contributed by atoms with Gasteiger partial charge in [-0.3, -0.25) is 4.98 Å². The molecule has 2 aromatic heterocycles. The van der Waals surface area contributed by atoms with Gasteiger partial charge in [-0.1, -0.05) is 12.1 Å². The van der Waals surface area contributed by atoms with Crippen molar-refractivity contribution < 1.29 is 0 Å². The van der Waals surface area contributed by atoms with Gasteiger partial charge in [-0.25, -0.2) is 0 Å². The average molecular weight is 331 g/mol. The lowest BCUT2D eigenvalue weighted by Gasteiger charge is -2.27. The molecular formula is C18H22N2S2. The standard InChI is InChI=1S/C18H22N2S2/c1(2-14-21-17-5-9-19-10-6-17)11-20-12-7-16(8-13-20)18-4-3-15-22-18/h3-7,9-10,12,15-16H,1-2,8,11,13-14H2. The van der Waals surface area contributed by atoms with Crippen molar-refractivity contribution in [2.45, 2.75) is 30.1 Å². The largest absolute Gasteiger partial charge is 0.378 e. The molecule has 116 valence electrons. The second-order valence-electron chi connectivity index (χ2n) is 5.53. The number of rotatable bonds is 7. The number of hydrogen-bond acceptors (Lipinski definition) is 4. The van der Waals surface area contributed by atoms with E-state index < -0.39 is 0 Å². The molecule has 2 nitrogen and oxygen atoms in total. The van der Waals surface area contributed by atoms with E-state index in [-0.39, 0.29) is 0 Å². The minimum atomic E-state index is 0.637. The topological polar surface area (TPSA) is 16.1 Å². The zero-order valence-corrected chi connectivity index (χ0v) is 14.4. The highest BCUT2D eigenvalue weighted by Gasteiger charge is 2.15. The second-order valence-corrected chi connectivity index (χ2v) is 7.67. The van der Waals surface area contributed by atoms with Crippen molar-refractivity contribution in [3.63, 3.8) is 0 Å². The number of pyridine rings is 1. The number of hydrogen-bond donors (Lipinski definition) is 0. The SMILES string of the molecule is C1=CN(CCCCSc2ccncc2)CCC1c1cccs1. The third-order valence-electron chi connectivity index (χ3n) is 3.92. The van der Waals surface area contributed by atoms with E-state index in [4.69, 9.17) is 0 Å². The van der Waals surface area contributed by atoms with Gasteiger partial charge in [-0.15, -0.1) is 23.1 Å². The zero-order valence-electron chi connectivity index (χ0n) is 12.7. The number of unbranched alkanes of at least 4 members (excludes halogenated alkanes) is 1. The maximum atomic E-state index is 4.05. The molecule has 3 rings (SSSR count). The molecule has 0 saturated heterocycles. The first kappa shape index (κ1) is 15.6. The Morgan fingerprint density at radius 1 is 1.23 bits per heavy atom. The lowest BCUT2D eigenvalue weighted by Crippen LogP contribution is -2.24. The van der Waals surface area contributed by atoms with E-state index in [9.17, 15) is 0 Å². The molecule has 22 heavy (non-hydrogen) atoms. The Morgan fingerprint density at radius 3 is 2.86 bits per heavy atom. The summed E-state index contributed by atoms with van der Waals surface area (Å²) in [5.74, 6) is 1.83. The highest BCUT2D eigenvalue weighted by atomic mass is 32.2. The quantitative estimate of drug-likeness (QED) is 0.524. The molecule has 4 heteroatoms. The summed E-state index contributed by atoms with van der Waals surface area (Å²) in [6, 6.07) is 8.58. The van der Waals surface area contributed by atoms with Gasteiger partial charge in [0.2, 0.25) is 0 Å². The van der Waals surface area contributed by atoms with Crippen molar-refractivity contribution in [2.24, 2.45) is 0 Å². The summed E-state index contributed by atoms with van der Waals surface area (Å²) in [5.41, 5.74) is 0. The van der Waals surface area contributed by atoms with Gasteiger partial charge in [0, 0.05) is 41.2 Å². The minimum absolute atomic E-state index is 0.637. The summed E-state index contributed by atoms with van der Waals surface area (Å²) in [6.07, 6.45) is 12.2. The summed E-state index contributed by atoms with van der Waals surface area (Å²) >= 11 is 3.81. The Hall–Kier alpha value is -1.26. The lowest BCUT2D eigenvalue weighted by molar-refractivity contribution is 0.339. The summed E-state index contributed by atoms with van der Waals surface area (Å²) in [6.45, 7) is 2.38. The Bertz CT molecular complexity index is 566. The molecule has 1 aliphatic rings. The van der Waals surface area contributed by atoms with E-state index in [1.165, 1.54) is 47.9 Å². The summed E-state index contributed by atoms with van der Waals surface area (Å²) < 4.78 is 0. The van der Waals surface area contributed by atoms with Gasteiger partial charge in [0.25, 0.3) is 0 Å². The first-order valence-electron chi connectivity index (χ1n) is 7.90. The molecule has 1 aliphatic heterocycles. The van der Waals surface area contributed by atoms with E-state index in [0.29, 0.717) is 5.92 Å². The van der Waals surface area contributed by atoms with Crippen LogP contribution < -0.4 is 0 Å². The van der Waals surface area contributed by atoms with Crippen LogP contribution in [0.1, 0.15) is 30.1 Å². The van der Waals surface area contributed by atoms with Gasteiger partial charge in [0.15, 0.2) is 0 Å². The second kappa shape index (κ2) is 8.39. The van der Waals surface area contributed by atoms with Crippen LogP contribution in [0.4, 0.5) is 0 Å². The molecule has 3 heterocycles. The van der Waals surface area contributed by atoms with Crippen LogP contribution in [-0.2, 0) is 0 Å². The van der Waals surface area contributed by atoms with Crippen LogP contribution in [-0.4, -0.2) is 28.7 Å². The van der Waals surface area contributed by atoms with Crippen molar-refractivity contribution in [3.05, 3.63) is 59.2 Å². The first-order chi connectivity index (χ1) is 10.9. The fraction of sp³-hybridized carbons (Fsp3) is 0.389. The van der Waals surface area contributed by atoms with E-state index in [0.717, 1.165) is 0 Å². The molecule has 1 unspecified atom stereocenters. The molecule has 0 fully saturated rings. The Balaban J connectivity index is 1.32. The third-order valence-corrected chi connectivity index (χ3v) is 6.03. The van der Waals surface area contributed by atoms with Crippen LogP contribution in [0.2, 0.25) is 0 Å². The van der Waals surface area contributed by atoms with Crippen LogP contribution in [0.3, 0.4) is 0 Å². The monoisotopic (exact) mass is 330 g/mol. The van der Waals surface area contributed by atoms with Gasteiger partial charge >= 0.3 is 0 Å². The summed E-state index contributed by atoms with van der Waals surface area (Å²) in [4.78, 5) is 9.35. The Kier molecular flexibility index (Phi) is 5.96. The zero-order chi connectivity index (χ0) is 15.0. The molecule has 0 N–H and O–H groups in total. The molecule has 0 saturated carbocycles. The number of nitrogens with zero attached hydrogens (tertiary/aromatic N) is 2. The molecule has 0 bridgehead atoms. The summed E-state index contributed by atoms with van der Waals surface area (Å²) in [7, 11) is 0. The van der Waals surface area contributed by atoms with Gasteiger partial charge in [0.1, 0.15) is 0 Å². The van der Waals surface area contributed by atoms with Crippen molar-refractivity contribution >= 4 is 23.1 Å². The van der Waals surface area contributed by atoms with Crippen LogP contribution in [0.25, 0.3) is 0 Å². The predicted octanol–water partition coefficient (Wildman–Crippen LogP) is 5.02. The number of thioether (sulfide) groups is 1. The predicted molar refractivity (Wildman–Crippen MR) is 96.6 cm³/mol. The van der Waals surface area contributed by atoms with E-state index in [1.807, 2.05) is 35.5 Å². The molecular weight excluding hydrogens is 308 g/mol. The van der Waals surface area contributed by atoms with Gasteiger partial charge in [0.05, 0.1) is 0 Å². The molecule has 0 amide bonds. The van der Waals surface area contributed by atoms with Gasteiger partial charge in [-0.05, 0) is 54.8 Å². The molecule has 0 spiro atoms. The average Bonchev–Trinajstić information content (AvgIpc) is 3.11. The van der Waals surface area contributed by atoms with Crippen molar-refractivity contribution in [1.82, 2.24) is 9.88 Å². The van der Waals surface area contributed by atoms with E-state index in [2.05, 4.69) is 51.8 Å². The molecule has 0 aromatic carbocycles. The van der Waals surface area contributed by atoms with Crippen molar-refractivity contribution in [1.29, 1.82) is 0 Å². The molecule has 1 atom stereocenters. The van der Waals surface area contributed by atoms with Gasteiger partial charge < -0.3 is 4.90 Å². The number of thiophene rings is 1. The first-order valence-corrected chi connectivity index (χ1v) is 9.77.